The van der Waals surface area contributed by atoms with E-state index >= 15 is 0 Å². The van der Waals surface area contributed by atoms with Crippen molar-refractivity contribution in [3.05, 3.63) is 53.6 Å². The molecule has 0 unspecified atom stereocenters. The highest BCUT2D eigenvalue weighted by Crippen LogP contribution is 2.09. The second kappa shape index (κ2) is 5.61. The molecule has 1 aromatic heterocycles. The minimum absolute atomic E-state index is 0.143. The molecule has 0 radical (unpaired) electrons. The number of rotatable bonds is 5. The van der Waals surface area contributed by atoms with Gasteiger partial charge in [0.2, 0.25) is 5.78 Å². The second-order valence-corrected chi connectivity index (χ2v) is 4.44. The number of hydrogen-bond donors (Lipinski definition) is 0. The minimum Gasteiger partial charge on any atom is -0.332 e. The molecule has 0 saturated heterocycles. The molecule has 0 saturated carbocycles. The largest absolute Gasteiger partial charge is 0.332 e. The highest BCUT2D eigenvalue weighted by Gasteiger charge is 2.16. The van der Waals surface area contributed by atoms with Crippen LogP contribution in [0, 0.1) is 0 Å². The third-order valence-electron chi connectivity index (χ3n) is 3.08. The molecule has 0 amide bonds. The summed E-state index contributed by atoms with van der Waals surface area (Å²) < 4.78 is 1.62. The van der Waals surface area contributed by atoms with E-state index in [9.17, 15) is 9.59 Å². The predicted molar refractivity (Wildman–Crippen MR) is 72.3 cm³/mol. The molecule has 0 aliphatic heterocycles. The van der Waals surface area contributed by atoms with Gasteiger partial charge in [0.25, 0.3) is 0 Å². The number of Topliss-reactive ketones (excluding diaryl/α,β-unsaturated/α-hetero) is 2. The van der Waals surface area contributed by atoms with Crippen LogP contribution in [0.5, 0.6) is 0 Å². The van der Waals surface area contributed by atoms with Crippen LogP contribution in [0.4, 0.5) is 0 Å². The first kappa shape index (κ1) is 13.2. The minimum atomic E-state index is -0.253. The van der Waals surface area contributed by atoms with Crippen molar-refractivity contribution in [2.24, 2.45) is 7.05 Å². The summed E-state index contributed by atoms with van der Waals surface area (Å²) in [6.07, 6.45) is 4.03. The highest BCUT2D eigenvalue weighted by atomic mass is 16.1. The van der Waals surface area contributed by atoms with Gasteiger partial charge >= 0.3 is 0 Å². The van der Waals surface area contributed by atoms with Crippen molar-refractivity contribution >= 4 is 11.6 Å². The van der Waals surface area contributed by atoms with Gasteiger partial charge < -0.3 is 4.57 Å². The Morgan fingerprint density at radius 3 is 2.37 bits per heavy atom. The van der Waals surface area contributed by atoms with Gasteiger partial charge in [-0.1, -0.05) is 31.2 Å². The number of aryl methyl sites for hydroxylation is 2. The lowest BCUT2D eigenvalue weighted by Crippen LogP contribution is -2.13. The summed E-state index contributed by atoms with van der Waals surface area (Å²) in [7, 11) is 1.74. The van der Waals surface area contributed by atoms with E-state index < -0.39 is 0 Å². The smallest absolute Gasteiger partial charge is 0.205 e. The van der Waals surface area contributed by atoms with Crippen LogP contribution in [0.3, 0.4) is 0 Å². The van der Waals surface area contributed by atoms with Gasteiger partial charge in [-0.2, -0.15) is 0 Å². The van der Waals surface area contributed by atoms with Crippen molar-refractivity contribution in [2.75, 3.05) is 0 Å². The second-order valence-electron chi connectivity index (χ2n) is 4.44. The summed E-state index contributed by atoms with van der Waals surface area (Å²) in [5.74, 6) is -0.105. The maximum atomic E-state index is 12.0. The molecule has 0 aliphatic carbocycles. The van der Waals surface area contributed by atoms with Crippen molar-refractivity contribution in [3.63, 3.8) is 0 Å². The summed E-state index contributed by atoms with van der Waals surface area (Å²) in [6.45, 7) is 2.06. The fourth-order valence-electron chi connectivity index (χ4n) is 1.89. The molecule has 0 spiro atoms. The standard InChI is InChI=1S/C15H16N2O2/c1-3-11-4-6-12(7-5-11)13(18)10-14(19)15-16-8-9-17(15)2/h4-9H,3,10H2,1-2H3. The number of ketones is 2. The van der Waals surface area contributed by atoms with Crippen molar-refractivity contribution in [1.29, 1.82) is 0 Å². The maximum absolute atomic E-state index is 12.0. The number of carbonyl (C=O) groups is 2. The van der Waals surface area contributed by atoms with Crippen LogP contribution in [0.25, 0.3) is 0 Å². The van der Waals surface area contributed by atoms with E-state index in [2.05, 4.69) is 11.9 Å². The van der Waals surface area contributed by atoms with Crippen molar-refractivity contribution in [3.8, 4) is 0 Å². The van der Waals surface area contributed by atoms with Gasteiger partial charge in [0, 0.05) is 25.0 Å². The molecule has 4 nitrogen and oxygen atoms in total. The van der Waals surface area contributed by atoms with E-state index in [1.54, 1.807) is 36.1 Å². The molecule has 1 heterocycles. The Bertz CT molecular complexity index is 597. The van der Waals surface area contributed by atoms with E-state index in [1.165, 1.54) is 5.56 Å². The van der Waals surface area contributed by atoms with Crippen LogP contribution in [0.2, 0.25) is 0 Å². The lowest BCUT2D eigenvalue weighted by molar-refractivity contribution is 0.0886. The predicted octanol–water partition coefficient (Wildman–Crippen LogP) is 2.44. The molecule has 0 atom stereocenters. The van der Waals surface area contributed by atoms with Crippen molar-refractivity contribution in [1.82, 2.24) is 9.55 Å². The molecule has 19 heavy (non-hydrogen) atoms. The van der Waals surface area contributed by atoms with Gasteiger partial charge in [-0.3, -0.25) is 9.59 Å². The molecule has 2 rings (SSSR count). The third kappa shape index (κ3) is 2.96. The average Bonchev–Trinajstić information content (AvgIpc) is 2.85. The number of nitrogens with zero attached hydrogens (tertiary/aromatic N) is 2. The van der Waals surface area contributed by atoms with Gasteiger partial charge in [0.1, 0.15) is 0 Å². The summed E-state index contributed by atoms with van der Waals surface area (Å²) in [5.41, 5.74) is 1.74. The maximum Gasteiger partial charge on any atom is 0.205 e. The van der Waals surface area contributed by atoms with Gasteiger partial charge in [-0.05, 0) is 12.0 Å². The fourth-order valence-corrected chi connectivity index (χ4v) is 1.89. The molecule has 0 fully saturated rings. The number of benzene rings is 1. The van der Waals surface area contributed by atoms with E-state index in [-0.39, 0.29) is 18.0 Å². The van der Waals surface area contributed by atoms with E-state index in [1.807, 2.05) is 12.1 Å². The van der Waals surface area contributed by atoms with Crippen molar-refractivity contribution in [2.45, 2.75) is 19.8 Å². The van der Waals surface area contributed by atoms with Crippen LogP contribution < -0.4 is 0 Å². The van der Waals surface area contributed by atoms with Gasteiger partial charge in [0.15, 0.2) is 11.6 Å². The van der Waals surface area contributed by atoms with Gasteiger partial charge in [-0.25, -0.2) is 4.98 Å². The average molecular weight is 256 g/mol. The lowest BCUT2D eigenvalue weighted by atomic mass is 10.0. The lowest BCUT2D eigenvalue weighted by Gasteiger charge is -2.02. The Morgan fingerprint density at radius 1 is 1.16 bits per heavy atom. The van der Waals surface area contributed by atoms with E-state index in [4.69, 9.17) is 0 Å². The molecule has 0 aliphatic rings. The van der Waals surface area contributed by atoms with E-state index in [0.717, 1.165) is 6.42 Å². The molecule has 0 N–H and O–H groups in total. The summed E-state index contributed by atoms with van der Waals surface area (Å²) >= 11 is 0. The molecule has 4 heteroatoms. The highest BCUT2D eigenvalue weighted by molar-refractivity contribution is 6.12. The first-order valence-electron chi connectivity index (χ1n) is 6.24. The van der Waals surface area contributed by atoms with Crippen LogP contribution in [0.1, 0.15) is 39.9 Å². The van der Waals surface area contributed by atoms with Crippen LogP contribution in [-0.2, 0) is 13.5 Å². The first-order chi connectivity index (χ1) is 9.11. The zero-order valence-electron chi connectivity index (χ0n) is 11.1. The monoisotopic (exact) mass is 256 g/mol. The summed E-state index contributed by atoms with van der Waals surface area (Å²) in [6, 6.07) is 7.37. The number of hydrogen-bond acceptors (Lipinski definition) is 3. The zero-order valence-corrected chi connectivity index (χ0v) is 11.1. The SMILES string of the molecule is CCc1ccc(C(=O)CC(=O)c2nccn2C)cc1. The van der Waals surface area contributed by atoms with E-state index in [0.29, 0.717) is 11.4 Å². The van der Waals surface area contributed by atoms with Crippen LogP contribution in [-0.4, -0.2) is 21.1 Å². The Hall–Kier alpha value is -2.23. The Kier molecular flexibility index (Phi) is 3.90. The summed E-state index contributed by atoms with van der Waals surface area (Å²) in [5, 5.41) is 0. The van der Waals surface area contributed by atoms with Gasteiger partial charge in [-0.15, -0.1) is 0 Å². The zero-order chi connectivity index (χ0) is 13.8. The molecule has 1 aromatic carbocycles. The number of imidazole rings is 1. The topological polar surface area (TPSA) is 52.0 Å². The molecular weight excluding hydrogens is 240 g/mol. The number of carbonyl (C=O) groups excluding carboxylic acids is 2. The molecule has 98 valence electrons. The molecule has 2 aromatic rings. The quantitative estimate of drug-likeness (QED) is 0.610. The first-order valence-corrected chi connectivity index (χ1v) is 6.24. The number of aromatic nitrogens is 2. The molecule has 0 bridgehead atoms. The van der Waals surface area contributed by atoms with Crippen molar-refractivity contribution < 1.29 is 9.59 Å². The normalized spacial score (nSPS) is 10.4. The fraction of sp³-hybridized carbons (Fsp3) is 0.267. The third-order valence-corrected chi connectivity index (χ3v) is 3.08. The van der Waals surface area contributed by atoms with Crippen LogP contribution in [0.15, 0.2) is 36.7 Å². The Morgan fingerprint density at radius 2 is 1.84 bits per heavy atom. The molecular formula is C15H16N2O2. The summed E-state index contributed by atoms with van der Waals surface area (Å²) in [4.78, 5) is 27.9. The Labute approximate surface area is 112 Å². The van der Waals surface area contributed by atoms with Crippen LogP contribution >= 0.6 is 0 Å². The Balaban J connectivity index is 2.08. The van der Waals surface area contributed by atoms with Gasteiger partial charge in [0.05, 0.1) is 6.42 Å².